The molecule has 8 aromatic rings. The molecule has 0 radical (unpaired) electrons. The maximum Gasteiger partial charge on any atom is 0.161 e. The Morgan fingerprint density at radius 2 is 1.45 bits per heavy atom. The molecular weight excluding hydrogens is 723 g/mol. The highest BCUT2D eigenvalue weighted by Crippen LogP contribution is 2.35. The Balaban J connectivity index is 0.787. The minimum atomic E-state index is 0.757. The predicted molar refractivity (Wildman–Crippen MR) is 227 cm³/mol. The van der Waals surface area contributed by atoms with Gasteiger partial charge in [0.1, 0.15) is 23.8 Å². The largest absolute Gasteiger partial charge is 0.357 e. The van der Waals surface area contributed by atoms with Crippen LogP contribution < -0.4 is 9.80 Å². The average Bonchev–Trinajstić information content (AvgIpc) is 4.11. The van der Waals surface area contributed by atoms with E-state index in [0.29, 0.717) is 0 Å². The maximum absolute atomic E-state index is 5.33. The van der Waals surface area contributed by atoms with E-state index >= 15 is 0 Å². The summed E-state index contributed by atoms with van der Waals surface area (Å²) in [7, 11) is 0. The molecular formula is C45H45N13. The average molecular weight is 768 g/mol. The molecule has 5 aromatic heterocycles. The van der Waals surface area contributed by atoms with Crippen LogP contribution >= 0.6 is 0 Å². The minimum Gasteiger partial charge on any atom is -0.357 e. The summed E-state index contributed by atoms with van der Waals surface area (Å²) in [6.45, 7) is 9.19. The first-order valence-corrected chi connectivity index (χ1v) is 20.5. The van der Waals surface area contributed by atoms with Gasteiger partial charge in [-0.3, -0.25) is 9.80 Å². The number of aromatic amines is 2. The second-order valence-corrected chi connectivity index (χ2v) is 15.7. The molecule has 58 heavy (non-hydrogen) atoms. The van der Waals surface area contributed by atoms with Gasteiger partial charge in [0, 0.05) is 111 Å². The number of H-pyrrole nitrogens is 2. The fraction of sp³-hybridized carbons (Fsp3) is 0.289. The SMILES string of the molecule is c1cc(-c2nc3c(c(N4CCN(Cc5cc6ccccc6[nH]5)CC4)n2)CCC3)cc(-c2cccc3nc(CN4CCN(c5cc(-n6cccn6)ncn5)CC4)[nH]c23)c1. The van der Waals surface area contributed by atoms with Gasteiger partial charge in [0.25, 0.3) is 0 Å². The number of rotatable bonds is 9. The number of hydrogen-bond acceptors (Lipinski definition) is 10. The number of nitrogens with one attached hydrogen (secondary N) is 2. The van der Waals surface area contributed by atoms with Gasteiger partial charge in [-0.1, -0.05) is 48.5 Å². The molecule has 0 unspecified atom stereocenters. The van der Waals surface area contributed by atoms with Gasteiger partial charge in [0.05, 0.1) is 17.6 Å². The molecule has 13 heteroatoms. The number of fused-ring (bicyclic) bond motifs is 3. The second kappa shape index (κ2) is 14.8. The molecule has 2 aliphatic heterocycles. The molecule has 0 saturated carbocycles. The Morgan fingerprint density at radius 3 is 2.31 bits per heavy atom. The Hall–Kier alpha value is -6.44. The highest BCUT2D eigenvalue weighted by Gasteiger charge is 2.27. The van der Waals surface area contributed by atoms with Crippen LogP contribution in [-0.2, 0) is 25.9 Å². The molecule has 0 amide bonds. The van der Waals surface area contributed by atoms with E-state index in [1.54, 1.807) is 17.2 Å². The van der Waals surface area contributed by atoms with Gasteiger partial charge < -0.3 is 19.8 Å². The molecule has 3 aromatic carbocycles. The van der Waals surface area contributed by atoms with Crippen molar-refractivity contribution in [3.05, 3.63) is 126 Å². The van der Waals surface area contributed by atoms with Gasteiger partial charge in [-0.2, -0.15) is 5.10 Å². The third-order valence-electron chi connectivity index (χ3n) is 12.0. The quantitative estimate of drug-likeness (QED) is 0.174. The number of piperazine rings is 2. The zero-order valence-electron chi connectivity index (χ0n) is 32.4. The summed E-state index contributed by atoms with van der Waals surface area (Å²) in [5.74, 6) is 4.61. The molecule has 7 heterocycles. The lowest BCUT2D eigenvalue weighted by molar-refractivity contribution is 0.244. The van der Waals surface area contributed by atoms with Crippen molar-refractivity contribution >= 4 is 33.6 Å². The van der Waals surface area contributed by atoms with Crippen LogP contribution in [0.1, 0.15) is 29.2 Å². The van der Waals surface area contributed by atoms with Crippen molar-refractivity contribution in [1.29, 1.82) is 0 Å². The first-order valence-electron chi connectivity index (χ1n) is 20.5. The van der Waals surface area contributed by atoms with E-state index in [9.17, 15) is 0 Å². The number of aromatic nitrogens is 9. The van der Waals surface area contributed by atoms with E-state index in [0.717, 1.165) is 142 Å². The Bertz CT molecular complexity index is 2680. The van der Waals surface area contributed by atoms with Gasteiger partial charge in [-0.25, -0.2) is 29.6 Å². The summed E-state index contributed by atoms with van der Waals surface area (Å²) < 4.78 is 1.77. The third kappa shape index (κ3) is 6.75. The van der Waals surface area contributed by atoms with Crippen LogP contribution in [-0.4, -0.2) is 107 Å². The standard InChI is InChI=1S/C45H45N13/c1-2-12-37-32(7-1)26-34(49-37)28-54-19-23-57(24-20-54)45-36-11-5-13-38(36)51-44(53-45)33-9-3-8-31(25-33)35-10-4-14-39-43(35)52-40(50-39)29-55-17-21-56(22-18-55)41-27-42(47-30-46-41)58-16-6-15-48-58/h1-4,6-10,12,14-16,25-27,30,49H,5,11,13,17-24,28-29H2,(H,50,52). The van der Waals surface area contributed by atoms with Crippen molar-refractivity contribution in [2.45, 2.75) is 32.4 Å². The smallest absolute Gasteiger partial charge is 0.161 e. The summed E-state index contributed by atoms with van der Waals surface area (Å²) in [6.07, 6.45) is 8.47. The van der Waals surface area contributed by atoms with Gasteiger partial charge >= 0.3 is 0 Å². The van der Waals surface area contributed by atoms with E-state index in [-0.39, 0.29) is 0 Å². The van der Waals surface area contributed by atoms with Crippen LogP contribution in [0.25, 0.3) is 50.3 Å². The number of aryl methyl sites for hydroxylation is 1. The fourth-order valence-electron chi connectivity index (χ4n) is 8.99. The maximum atomic E-state index is 5.33. The number of anilines is 2. The molecule has 2 fully saturated rings. The zero-order chi connectivity index (χ0) is 38.4. The molecule has 1 aliphatic carbocycles. The van der Waals surface area contributed by atoms with Crippen LogP contribution in [0.5, 0.6) is 0 Å². The van der Waals surface area contributed by atoms with Gasteiger partial charge in [0.15, 0.2) is 11.6 Å². The van der Waals surface area contributed by atoms with Crippen LogP contribution in [0.4, 0.5) is 11.6 Å². The highest BCUT2D eigenvalue weighted by atomic mass is 15.3. The number of imidazole rings is 1. The summed E-state index contributed by atoms with van der Waals surface area (Å²) in [4.78, 5) is 41.7. The summed E-state index contributed by atoms with van der Waals surface area (Å²) >= 11 is 0. The molecule has 13 nitrogen and oxygen atoms in total. The van der Waals surface area contributed by atoms with Crippen molar-refractivity contribution in [3.63, 3.8) is 0 Å². The number of benzene rings is 3. The lowest BCUT2D eigenvalue weighted by Crippen LogP contribution is -2.46. The molecule has 11 rings (SSSR count). The normalized spacial score (nSPS) is 16.5. The van der Waals surface area contributed by atoms with Crippen molar-refractivity contribution in [3.8, 4) is 28.3 Å². The van der Waals surface area contributed by atoms with Crippen molar-refractivity contribution in [2.24, 2.45) is 0 Å². The van der Waals surface area contributed by atoms with Gasteiger partial charge in [-0.15, -0.1) is 0 Å². The van der Waals surface area contributed by atoms with Crippen molar-refractivity contribution in [1.82, 2.24) is 54.5 Å². The summed E-state index contributed by atoms with van der Waals surface area (Å²) in [6, 6.07) is 29.8. The molecule has 3 aliphatic rings. The Morgan fingerprint density at radius 1 is 0.638 bits per heavy atom. The highest BCUT2D eigenvalue weighted by molar-refractivity contribution is 5.92. The second-order valence-electron chi connectivity index (χ2n) is 15.7. The van der Waals surface area contributed by atoms with Crippen LogP contribution in [0.2, 0.25) is 0 Å². The van der Waals surface area contributed by atoms with E-state index in [2.05, 4.69) is 117 Å². The number of hydrogen-bond donors (Lipinski definition) is 2. The van der Waals surface area contributed by atoms with E-state index in [1.165, 1.54) is 27.9 Å². The Kier molecular flexibility index (Phi) is 8.88. The summed E-state index contributed by atoms with van der Waals surface area (Å²) in [5.41, 5.74) is 10.4. The topological polar surface area (TPSA) is 127 Å². The van der Waals surface area contributed by atoms with Crippen LogP contribution in [0, 0.1) is 0 Å². The minimum absolute atomic E-state index is 0.757. The van der Waals surface area contributed by atoms with Gasteiger partial charge in [0.2, 0.25) is 0 Å². The lowest BCUT2D eigenvalue weighted by atomic mass is 10.0. The first kappa shape index (κ1) is 34.8. The zero-order valence-corrected chi connectivity index (χ0v) is 32.4. The molecule has 290 valence electrons. The molecule has 0 bridgehead atoms. The number of nitrogens with zero attached hydrogens (tertiary/aromatic N) is 11. The lowest BCUT2D eigenvalue weighted by Gasteiger charge is -2.36. The molecule has 2 N–H and O–H groups in total. The molecule has 0 spiro atoms. The van der Waals surface area contributed by atoms with E-state index in [4.69, 9.17) is 15.0 Å². The molecule has 0 atom stereocenters. The van der Waals surface area contributed by atoms with Crippen LogP contribution in [0.15, 0.2) is 104 Å². The van der Waals surface area contributed by atoms with E-state index in [1.807, 2.05) is 18.3 Å². The number of para-hydroxylation sites is 2. The molecule has 2 saturated heterocycles. The van der Waals surface area contributed by atoms with Crippen LogP contribution in [0.3, 0.4) is 0 Å². The van der Waals surface area contributed by atoms with Crippen molar-refractivity contribution < 1.29 is 0 Å². The summed E-state index contributed by atoms with van der Waals surface area (Å²) in [5, 5.41) is 5.60. The third-order valence-corrected chi connectivity index (χ3v) is 12.0. The predicted octanol–water partition coefficient (Wildman–Crippen LogP) is 6.28. The van der Waals surface area contributed by atoms with E-state index < -0.39 is 0 Å². The van der Waals surface area contributed by atoms with Gasteiger partial charge in [-0.05, 0) is 60.5 Å². The fourth-order valence-corrected chi connectivity index (χ4v) is 8.99. The Labute approximate surface area is 336 Å². The monoisotopic (exact) mass is 767 g/mol. The van der Waals surface area contributed by atoms with Crippen molar-refractivity contribution in [2.75, 3.05) is 62.2 Å². The first-order chi connectivity index (χ1) is 28.7.